The summed E-state index contributed by atoms with van der Waals surface area (Å²) in [4.78, 5) is 1.73. The molecule has 0 rings (SSSR count). The fraction of sp³-hybridized carbons (Fsp3) is 0. The molecular formula is C4H4BrCl. The molecule has 0 saturated carbocycles. The molecule has 0 unspecified atom stereocenters. The zero-order chi connectivity index (χ0) is 4.83. The molecule has 0 aromatic heterocycles. The van der Waals surface area contributed by atoms with Crippen LogP contribution in [-0.4, -0.2) is 0 Å². The first-order valence-electron chi connectivity index (χ1n) is 1.44. The SMILES string of the molecule is Cl/C=C/C=C/Br. The third-order valence-corrected chi connectivity index (χ3v) is 0.707. The van der Waals surface area contributed by atoms with Crippen molar-refractivity contribution < 1.29 is 0 Å². The molecule has 0 nitrogen and oxygen atoms in total. The molecule has 0 atom stereocenters. The first-order chi connectivity index (χ1) is 2.91. The van der Waals surface area contributed by atoms with E-state index in [4.69, 9.17) is 11.6 Å². The molecule has 0 radical (unpaired) electrons. The van der Waals surface area contributed by atoms with E-state index in [2.05, 4.69) is 15.9 Å². The van der Waals surface area contributed by atoms with Crippen molar-refractivity contribution in [2.24, 2.45) is 0 Å². The van der Waals surface area contributed by atoms with Crippen molar-refractivity contribution in [2.45, 2.75) is 0 Å². The van der Waals surface area contributed by atoms with Crippen LogP contribution in [0.5, 0.6) is 0 Å². The summed E-state index contributed by atoms with van der Waals surface area (Å²) < 4.78 is 0. The first kappa shape index (κ1) is 6.25. The van der Waals surface area contributed by atoms with Gasteiger partial charge >= 0.3 is 0 Å². The minimum absolute atomic E-state index is 1.44. The van der Waals surface area contributed by atoms with Gasteiger partial charge in [0, 0.05) is 5.54 Å². The Morgan fingerprint density at radius 2 is 2.00 bits per heavy atom. The van der Waals surface area contributed by atoms with E-state index >= 15 is 0 Å². The highest BCUT2D eigenvalue weighted by molar-refractivity contribution is 9.11. The van der Waals surface area contributed by atoms with Crippen LogP contribution in [-0.2, 0) is 0 Å². The van der Waals surface area contributed by atoms with Crippen molar-refractivity contribution in [3.05, 3.63) is 22.7 Å². The second-order valence-electron chi connectivity index (χ2n) is 0.637. The van der Waals surface area contributed by atoms with E-state index in [0.29, 0.717) is 0 Å². The van der Waals surface area contributed by atoms with Crippen LogP contribution in [0, 0.1) is 0 Å². The van der Waals surface area contributed by atoms with Crippen LogP contribution in [0.4, 0.5) is 0 Å². The molecule has 34 valence electrons. The molecule has 0 bridgehead atoms. The number of hydrogen-bond donors (Lipinski definition) is 0. The molecule has 6 heavy (non-hydrogen) atoms. The molecule has 2 heteroatoms. The van der Waals surface area contributed by atoms with Crippen LogP contribution >= 0.6 is 27.5 Å². The highest BCUT2D eigenvalue weighted by Gasteiger charge is 1.51. The van der Waals surface area contributed by atoms with E-state index in [1.807, 2.05) is 0 Å². The standard InChI is InChI=1S/C4H4BrCl/c5-3-1-2-4-6/h1-4H/b3-1+,4-2+. The van der Waals surface area contributed by atoms with Gasteiger partial charge in [-0.25, -0.2) is 0 Å². The van der Waals surface area contributed by atoms with Gasteiger partial charge in [-0.3, -0.25) is 0 Å². The van der Waals surface area contributed by atoms with Crippen molar-refractivity contribution in [3.8, 4) is 0 Å². The van der Waals surface area contributed by atoms with Crippen molar-refractivity contribution >= 4 is 27.5 Å². The second-order valence-corrected chi connectivity index (χ2v) is 1.42. The molecule has 0 aromatic carbocycles. The predicted octanol–water partition coefficient (Wildman–Crippen LogP) is 2.65. The monoisotopic (exact) mass is 166 g/mol. The maximum atomic E-state index is 5.13. The highest BCUT2D eigenvalue weighted by Crippen LogP contribution is 1.84. The van der Waals surface area contributed by atoms with Gasteiger partial charge in [0.2, 0.25) is 0 Å². The topological polar surface area (TPSA) is 0 Å². The summed E-state index contributed by atoms with van der Waals surface area (Å²) in [5.41, 5.74) is 1.44. The summed E-state index contributed by atoms with van der Waals surface area (Å²) in [5, 5.41) is 0. The summed E-state index contributed by atoms with van der Waals surface area (Å²) >= 11 is 8.19. The third kappa shape index (κ3) is 4.25. The van der Waals surface area contributed by atoms with Crippen LogP contribution in [0.15, 0.2) is 22.7 Å². The van der Waals surface area contributed by atoms with E-state index in [0.717, 1.165) is 0 Å². The Labute approximate surface area is 50.6 Å². The normalized spacial score (nSPS) is 11.7. The van der Waals surface area contributed by atoms with E-state index in [9.17, 15) is 0 Å². The van der Waals surface area contributed by atoms with Crippen molar-refractivity contribution in [3.63, 3.8) is 0 Å². The summed E-state index contributed by atoms with van der Waals surface area (Å²) in [6.45, 7) is 0. The van der Waals surface area contributed by atoms with Crippen molar-refractivity contribution in [1.29, 1.82) is 0 Å². The predicted molar refractivity (Wildman–Crippen MR) is 33.1 cm³/mol. The van der Waals surface area contributed by atoms with Crippen LogP contribution in [0.2, 0.25) is 0 Å². The van der Waals surface area contributed by atoms with Crippen LogP contribution in [0.1, 0.15) is 0 Å². The molecule has 0 aliphatic heterocycles. The lowest BCUT2D eigenvalue weighted by molar-refractivity contribution is 2.10. The largest absolute Gasteiger partial charge is 0.0930 e. The fourth-order valence-electron chi connectivity index (χ4n) is 0.0840. The maximum Gasteiger partial charge on any atom is 0.00426 e. The van der Waals surface area contributed by atoms with E-state index in [1.54, 1.807) is 17.1 Å². The molecule has 0 aliphatic carbocycles. The van der Waals surface area contributed by atoms with Gasteiger partial charge in [0.05, 0.1) is 0 Å². The summed E-state index contributed by atoms with van der Waals surface area (Å²) in [6.07, 6.45) is 3.50. The van der Waals surface area contributed by atoms with E-state index < -0.39 is 0 Å². The first-order valence-corrected chi connectivity index (χ1v) is 2.79. The molecule has 0 aliphatic rings. The Bertz CT molecular complexity index is 55.9. The van der Waals surface area contributed by atoms with Crippen LogP contribution in [0.25, 0.3) is 0 Å². The lowest BCUT2D eigenvalue weighted by Gasteiger charge is -1.59. The van der Waals surface area contributed by atoms with Gasteiger partial charge in [-0.05, 0) is 4.99 Å². The van der Waals surface area contributed by atoms with Gasteiger partial charge in [0.1, 0.15) is 0 Å². The minimum Gasteiger partial charge on any atom is -0.0930 e. The molecular weight excluding hydrogens is 163 g/mol. The molecule has 0 fully saturated rings. The van der Waals surface area contributed by atoms with E-state index in [-0.39, 0.29) is 0 Å². The average molecular weight is 167 g/mol. The molecule has 0 N–H and O–H groups in total. The summed E-state index contributed by atoms with van der Waals surface area (Å²) in [6, 6.07) is 0. The fourth-order valence-corrected chi connectivity index (χ4v) is 0.344. The van der Waals surface area contributed by atoms with Gasteiger partial charge < -0.3 is 0 Å². The zero-order valence-corrected chi connectivity index (χ0v) is 5.41. The third-order valence-electron chi connectivity index (χ3n) is 0.257. The van der Waals surface area contributed by atoms with Gasteiger partial charge in [-0.2, -0.15) is 0 Å². The van der Waals surface area contributed by atoms with Crippen LogP contribution < -0.4 is 0 Å². The lowest BCUT2D eigenvalue weighted by Crippen LogP contribution is -1.34. The Morgan fingerprint density at radius 1 is 1.33 bits per heavy atom. The average Bonchev–Trinajstić information content (AvgIpc) is 1.61. The summed E-state index contributed by atoms with van der Waals surface area (Å²) in [5.74, 6) is 0. The van der Waals surface area contributed by atoms with Crippen molar-refractivity contribution in [2.75, 3.05) is 0 Å². The Hall–Kier alpha value is 0.250. The van der Waals surface area contributed by atoms with Gasteiger partial charge in [0.25, 0.3) is 0 Å². The molecule has 0 amide bonds. The molecule has 0 spiro atoms. The van der Waals surface area contributed by atoms with Crippen molar-refractivity contribution in [1.82, 2.24) is 0 Å². The number of hydrogen-bond acceptors (Lipinski definition) is 0. The van der Waals surface area contributed by atoms with Gasteiger partial charge in [-0.15, -0.1) is 0 Å². The Morgan fingerprint density at radius 3 is 2.17 bits per heavy atom. The summed E-state index contributed by atoms with van der Waals surface area (Å²) in [7, 11) is 0. The highest BCUT2D eigenvalue weighted by atomic mass is 79.9. The lowest BCUT2D eigenvalue weighted by atomic mass is 10.6. The zero-order valence-electron chi connectivity index (χ0n) is 3.07. The smallest absolute Gasteiger partial charge is 0.00426 e. The number of rotatable bonds is 1. The second kappa shape index (κ2) is 5.25. The maximum absolute atomic E-state index is 5.13. The van der Waals surface area contributed by atoms with E-state index in [1.165, 1.54) is 5.54 Å². The molecule has 0 saturated heterocycles. The van der Waals surface area contributed by atoms with Gasteiger partial charge in [-0.1, -0.05) is 39.7 Å². The number of allylic oxidation sites excluding steroid dienone is 2. The van der Waals surface area contributed by atoms with Gasteiger partial charge in [0.15, 0.2) is 0 Å². The molecule has 0 heterocycles. The quantitative estimate of drug-likeness (QED) is 0.527. The molecule has 0 aromatic rings. The van der Waals surface area contributed by atoms with Crippen LogP contribution in [0.3, 0.4) is 0 Å². The Kier molecular flexibility index (Phi) is 5.47. The minimum atomic E-state index is 1.44. The number of halogens is 2. The Balaban J connectivity index is 3.07.